The molecule has 0 fully saturated rings. The summed E-state index contributed by atoms with van der Waals surface area (Å²) in [5.41, 5.74) is 2.33. The SMILES string of the molecule is Cc1cc(C(=O)Nc2ccc(-c3ccccc3S(C)(=O)=O)cc2F)n(-c2cccc(C#N)c2)n1. The van der Waals surface area contributed by atoms with Crippen LogP contribution in [0.1, 0.15) is 21.7 Å². The fourth-order valence-corrected chi connectivity index (χ4v) is 4.48. The Hall–Kier alpha value is -4.29. The van der Waals surface area contributed by atoms with Crippen LogP contribution < -0.4 is 5.32 Å². The van der Waals surface area contributed by atoms with Crippen molar-refractivity contribution >= 4 is 21.4 Å². The van der Waals surface area contributed by atoms with E-state index in [1.165, 1.54) is 22.9 Å². The van der Waals surface area contributed by atoms with Crippen LogP contribution in [-0.4, -0.2) is 30.4 Å². The minimum atomic E-state index is -3.52. The summed E-state index contributed by atoms with van der Waals surface area (Å²) < 4.78 is 40.5. The zero-order chi connectivity index (χ0) is 24.5. The number of nitriles is 1. The van der Waals surface area contributed by atoms with Crippen LogP contribution in [0.3, 0.4) is 0 Å². The molecule has 3 aromatic carbocycles. The van der Waals surface area contributed by atoms with Crippen molar-refractivity contribution in [3.63, 3.8) is 0 Å². The van der Waals surface area contributed by atoms with Crippen LogP contribution >= 0.6 is 0 Å². The molecule has 1 amide bonds. The average Bonchev–Trinajstić information content (AvgIpc) is 3.21. The molecular formula is C25H19FN4O3S. The van der Waals surface area contributed by atoms with E-state index in [9.17, 15) is 17.6 Å². The van der Waals surface area contributed by atoms with Crippen molar-refractivity contribution in [2.75, 3.05) is 11.6 Å². The average molecular weight is 475 g/mol. The third-order valence-corrected chi connectivity index (χ3v) is 6.25. The number of amides is 1. The molecule has 34 heavy (non-hydrogen) atoms. The molecule has 0 saturated heterocycles. The lowest BCUT2D eigenvalue weighted by molar-refractivity contribution is 0.101. The van der Waals surface area contributed by atoms with E-state index in [0.717, 1.165) is 6.26 Å². The molecule has 0 bridgehead atoms. The van der Waals surface area contributed by atoms with E-state index in [4.69, 9.17) is 5.26 Å². The summed E-state index contributed by atoms with van der Waals surface area (Å²) in [6.07, 6.45) is 1.09. The Balaban J connectivity index is 1.66. The number of rotatable bonds is 5. The van der Waals surface area contributed by atoms with Crippen molar-refractivity contribution in [3.05, 3.63) is 95.6 Å². The van der Waals surface area contributed by atoms with Crippen molar-refractivity contribution in [1.29, 1.82) is 5.26 Å². The zero-order valence-corrected chi connectivity index (χ0v) is 19.1. The molecule has 4 aromatic rings. The summed E-state index contributed by atoms with van der Waals surface area (Å²) in [7, 11) is -3.52. The highest BCUT2D eigenvalue weighted by atomic mass is 32.2. The number of hydrogen-bond donors (Lipinski definition) is 1. The van der Waals surface area contributed by atoms with Gasteiger partial charge in [-0.1, -0.05) is 30.3 Å². The highest BCUT2D eigenvalue weighted by Gasteiger charge is 2.19. The first-order chi connectivity index (χ1) is 16.2. The normalized spacial score (nSPS) is 11.1. The third kappa shape index (κ3) is 4.58. The van der Waals surface area contributed by atoms with Crippen LogP contribution in [0.25, 0.3) is 16.8 Å². The molecule has 4 rings (SSSR count). The number of hydrogen-bond acceptors (Lipinski definition) is 5. The van der Waals surface area contributed by atoms with Crippen LogP contribution in [0.5, 0.6) is 0 Å². The Kier molecular flexibility index (Phi) is 6.01. The third-order valence-electron chi connectivity index (χ3n) is 5.10. The molecule has 1 aromatic heterocycles. The quantitative estimate of drug-likeness (QED) is 0.458. The molecule has 0 saturated carbocycles. The Morgan fingerprint density at radius 2 is 1.82 bits per heavy atom. The highest BCUT2D eigenvalue weighted by Crippen LogP contribution is 2.30. The molecule has 0 radical (unpaired) electrons. The molecule has 0 aliphatic heterocycles. The lowest BCUT2D eigenvalue weighted by Gasteiger charge is -2.12. The minimum absolute atomic E-state index is 0.0678. The van der Waals surface area contributed by atoms with Crippen LogP contribution in [0.15, 0.2) is 77.7 Å². The molecule has 0 unspecified atom stereocenters. The Labute approximate surface area is 196 Å². The van der Waals surface area contributed by atoms with E-state index in [1.54, 1.807) is 61.5 Å². The number of sulfone groups is 1. The van der Waals surface area contributed by atoms with Crippen LogP contribution in [0.2, 0.25) is 0 Å². The fraction of sp³-hybridized carbons (Fsp3) is 0.0800. The molecule has 0 atom stereocenters. The van der Waals surface area contributed by atoms with E-state index in [2.05, 4.69) is 10.4 Å². The first kappa shape index (κ1) is 22.9. The second kappa shape index (κ2) is 8.92. The zero-order valence-electron chi connectivity index (χ0n) is 18.3. The second-order valence-electron chi connectivity index (χ2n) is 7.66. The standard InChI is InChI=1S/C25H19FN4O3S/c1-16-12-23(30(29-16)19-7-5-6-17(13-19)15-27)25(31)28-22-11-10-18(14-21(22)26)20-8-3-4-9-24(20)34(2,32)33/h3-14H,1-2H3,(H,28,31). The van der Waals surface area contributed by atoms with Gasteiger partial charge in [0.05, 0.1) is 33.6 Å². The van der Waals surface area contributed by atoms with Crippen molar-refractivity contribution < 1.29 is 17.6 Å². The van der Waals surface area contributed by atoms with Crippen LogP contribution in [0, 0.1) is 24.1 Å². The predicted molar refractivity (Wildman–Crippen MR) is 126 cm³/mol. The molecule has 7 nitrogen and oxygen atoms in total. The van der Waals surface area contributed by atoms with Gasteiger partial charge in [-0.3, -0.25) is 4.79 Å². The maximum absolute atomic E-state index is 14.9. The number of nitrogens with one attached hydrogen (secondary N) is 1. The van der Waals surface area contributed by atoms with Gasteiger partial charge in [0, 0.05) is 11.8 Å². The number of aromatic nitrogens is 2. The van der Waals surface area contributed by atoms with Gasteiger partial charge in [0.15, 0.2) is 9.84 Å². The van der Waals surface area contributed by atoms with Gasteiger partial charge in [-0.25, -0.2) is 17.5 Å². The Bertz CT molecular complexity index is 1570. The van der Waals surface area contributed by atoms with Crippen LogP contribution in [-0.2, 0) is 9.84 Å². The topological polar surface area (TPSA) is 105 Å². The number of aryl methyl sites for hydroxylation is 1. The first-order valence-electron chi connectivity index (χ1n) is 10.1. The Morgan fingerprint density at radius 1 is 1.06 bits per heavy atom. The molecule has 1 heterocycles. The highest BCUT2D eigenvalue weighted by molar-refractivity contribution is 7.90. The lowest BCUT2D eigenvalue weighted by atomic mass is 10.0. The predicted octanol–water partition coefficient (Wildman–Crippen LogP) is 4.51. The number of benzene rings is 3. The summed E-state index contributed by atoms with van der Waals surface area (Å²) in [6, 6.07) is 20.7. The Morgan fingerprint density at radius 3 is 2.53 bits per heavy atom. The largest absolute Gasteiger partial charge is 0.318 e. The molecule has 9 heteroatoms. The minimum Gasteiger partial charge on any atom is -0.318 e. The van der Waals surface area contributed by atoms with Gasteiger partial charge >= 0.3 is 0 Å². The number of carbonyl (C=O) groups excluding carboxylic acids is 1. The maximum Gasteiger partial charge on any atom is 0.274 e. The van der Waals surface area contributed by atoms with E-state index in [0.29, 0.717) is 28.1 Å². The van der Waals surface area contributed by atoms with Crippen molar-refractivity contribution in [2.24, 2.45) is 0 Å². The van der Waals surface area contributed by atoms with Gasteiger partial charge < -0.3 is 5.32 Å². The van der Waals surface area contributed by atoms with Gasteiger partial charge in [-0.05, 0) is 55.0 Å². The second-order valence-corrected chi connectivity index (χ2v) is 9.65. The summed E-state index contributed by atoms with van der Waals surface area (Å²) in [5.74, 6) is -1.31. The van der Waals surface area contributed by atoms with Gasteiger partial charge in [0.25, 0.3) is 5.91 Å². The maximum atomic E-state index is 14.9. The summed E-state index contributed by atoms with van der Waals surface area (Å²) in [5, 5.41) is 16.0. The van der Waals surface area contributed by atoms with Gasteiger partial charge in [0.2, 0.25) is 0 Å². The summed E-state index contributed by atoms with van der Waals surface area (Å²) in [4.78, 5) is 13.1. The van der Waals surface area contributed by atoms with Gasteiger partial charge in [-0.15, -0.1) is 0 Å². The van der Waals surface area contributed by atoms with Crippen molar-refractivity contribution in [1.82, 2.24) is 9.78 Å². The molecular weight excluding hydrogens is 455 g/mol. The number of carbonyl (C=O) groups is 1. The fourth-order valence-electron chi connectivity index (χ4n) is 3.56. The van der Waals surface area contributed by atoms with E-state index >= 15 is 0 Å². The molecule has 1 N–H and O–H groups in total. The van der Waals surface area contributed by atoms with Crippen molar-refractivity contribution in [2.45, 2.75) is 11.8 Å². The summed E-state index contributed by atoms with van der Waals surface area (Å²) >= 11 is 0. The smallest absolute Gasteiger partial charge is 0.274 e. The molecule has 0 aliphatic rings. The molecule has 0 aliphatic carbocycles. The lowest BCUT2D eigenvalue weighted by Crippen LogP contribution is -2.17. The van der Waals surface area contributed by atoms with Gasteiger partial charge in [0.1, 0.15) is 11.5 Å². The molecule has 0 spiro atoms. The first-order valence-corrected chi connectivity index (χ1v) is 12.0. The summed E-state index contributed by atoms with van der Waals surface area (Å²) in [6.45, 7) is 1.72. The van der Waals surface area contributed by atoms with E-state index in [1.807, 2.05) is 6.07 Å². The number of halogens is 1. The van der Waals surface area contributed by atoms with Gasteiger partial charge in [-0.2, -0.15) is 10.4 Å². The van der Waals surface area contributed by atoms with Crippen molar-refractivity contribution in [3.8, 4) is 22.9 Å². The monoisotopic (exact) mass is 474 g/mol. The number of nitrogens with zero attached hydrogens (tertiary/aromatic N) is 3. The molecule has 170 valence electrons. The van der Waals surface area contributed by atoms with E-state index < -0.39 is 21.6 Å². The van der Waals surface area contributed by atoms with E-state index in [-0.39, 0.29) is 16.3 Å². The van der Waals surface area contributed by atoms with Crippen LogP contribution in [0.4, 0.5) is 10.1 Å². The number of anilines is 1.